The van der Waals surface area contributed by atoms with Gasteiger partial charge in [0.25, 0.3) is 0 Å². The molecule has 0 amide bonds. The normalized spacial score (nSPS) is 10.7. The van der Waals surface area contributed by atoms with Crippen LogP contribution < -0.4 is 10.1 Å². The van der Waals surface area contributed by atoms with E-state index in [1.54, 1.807) is 26.2 Å². The molecule has 0 bridgehead atoms. The van der Waals surface area contributed by atoms with Crippen LogP contribution in [0.25, 0.3) is 11.1 Å². The molecule has 0 atom stereocenters. The number of halogens is 1. The van der Waals surface area contributed by atoms with E-state index in [0.29, 0.717) is 24.7 Å². The highest BCUT2D eigenvalue weighted by molar-refractivity contribution is 6.30. The van der Waals surface area contributed by atoms with Crippen LogP contribution in [0.5, 0.6) is 5.75 Å². The lowest BCUT2D eigenvalue weighted by Crippen LogP contribution is -2.19. The fraction of sp³-hybridized carbons (Fsp3) is 0.310. The molecule has 0 saturated heterocycles. The first kappa shape index (κ1) is 27.2. The zero-order valence-electron chi connectivity index (χ0n) is 20.9. The van der Waals surface area contributed by atoms with Crippen LogP contribution in [-0.4, -0.2) is 32.2 Å². The van der Waals surface area contributed by atoms with Gasteiger partial charge in [0.1, 0.15) is 12.4 Å². The standard InChI is InChI=1S/C29H32ClNO5/c1-4-35-29(33)17-22-8-12-27(34-3)26(16-22)25-15-20(2)5-9-23(25)18-31-14-13-28(32)36-19-21-6-10-24(30)11-7-21/h5-12,15-16,31H,4,13-14,17-19H2,1-3H3. The largest absolute Gasteiger partial charge is 0.496 e. The van der Waals surface area contributed by atoms with E-state index in [1.807, 2.05) is 37.3 Å². The molecule has 0 heterocycles. The zero-order valence-corrected chi connectivity index (χ0v) is 21.7. The molecule has 0 fully saturated rings. The Labute approximate surface area is 217 Å². The monoisotopic (exact) mass is 509 g/mol. The fourth-order valence-corrected chi connectivity index (χ4v) is 3.91. The Bertz CT molecular complexity index is 1180. The van der Waals surface area contributed by atoms with Crippen LogP contribution in [0.1, 0.15) is 35.6 Å². The number of ether oxygens (including phenoxy) is 3. The quantitative estimate of drug-likeness (QED) is 0.251. The first-order valence-corrected chi connectivity index (χ1v) is 12.3. The van der Waals surface area contributed by atoms with E-state index in [1.165, 1.54) is 0 Å². The number of carbonyl (C=O) groups excluding carboxylic acids is 2. The van der Waals surface area contributed by atoms with Crippen molar-refractivity contribution in [2.75, 3.05) is 20.3 Å². The van der Waals surface area contributed by atoms with Crippen molar-refractivity contribution in [2.24, 2.45) is 0 Å². The molecular weight excluding hydrogens is 478 g/mol. The predicted molar refractivity (Wildman–Crippen MR) is 141 cm³/mol. The van der Waals surface area contributed by atoms with Crippen LogP contribution >= 0.6 is 11.6 Å². The Morgan fingerprint density at radius 3 is 2.36 bits per heavy atom. The summed E-state index contributed by atoms with van der Waals surface area (Å²) in [7, 11) is 1.63. The maximum absolute atomic E-state index is 12.1. The first-order valence-electron chi connectivity index (χ1n) is 11.9. The van der Waals surface area contributed by atoms with Gasteiger partial charge < -0.3 is 19.5 Å². The van der Waals surface area contributed by atoms with E-state index < -0.39 is 0 Å². The smallest absolute Gasteiger partial charge is 0.310 e. The van der Waals surface area contributed by atoms with Gasteiger partial charge in [-0.1, -0.05) is 53.6 Å². The molecule has 3 rings (SSSR count). The minimum atomic E-state index is -0.269. The molecule has 7 heteroatoms. The van der Waals surface area contributed by atoms with Gasteiger partial charge in [-0.3, -0.25) is 9.59 Å². The molecule has 0 aliphatic heterocycles. The van der Waals surface area contributed by atoms with Crippen molar-refractivity contribution in [2.45, 2.75) is 39.8 Å². The Morgan fingerprint density at radius 1 is 0.889 bits per heavy atom. The summed E-state index contributed by atoms with van der Waals surface area (Å²) >= 11 is 5.88. The molecule has 0 spiro atoms. The van der Waals surface area contributed by atoms with Gasteiger partial charge in [0.15, 0.2) is 0 Å². The fourth-order valence-electron chi connectivity index (χ4n) is 3.78. The Balaban J connectivity index is 1.63. The van der Waals surface area contributed by atoms with E-state index in [2.05, 4.69) is 23.5 Å². The average Bonchev–Trinajstić information content (AvgIpc) is 2.87. The lowest BCUT2D eigenvalue weighted by atomic mass is 9.94. The summed E-state index contributed by atoms with van der Waals surface area (Å²) in [5.74, 6) is 0.192. The highest BCUT2D eigenvalue weighted by Gasteiger charge is 2.14. The third-order valence-corrected chi connectivity index (χ3v) is 5.86. The van der Waals surface area contributed by atoms with Crippen molar-refractivity contribution in [3.63, 3.8) is 0 Å². The summed E-state index contributed by atoms with van der Waals surface area (Å²) in [5.41, 5.74) is 5.83. The maximum atomic E-state index is 12.1. The van der Waals surface area contributed by atoms with Crippen LogP contribution in [0.3, 0.4) is 0 Å². The average molecular weight is 510 g/mol. The van der Waals surface area contributed by atoms with E-state index in [-0.39, 0.29) is 31.4 Å². The lowest BCUT2D eigenvalue weighted by molar-refractivity contribution is -0.145. The van der Waals surface area contributed by atoms with Gasteiger partial charge in [0.05, 0.1) is 26.6 Å². The van der Waals surface area contributed by atoms with Crippen LogP contribution in [0.2, 0.25) is 5.02 Å². The number of aryl methyl sites for hydroxylation is 1. The van der Waals surface area contributed by atoms with Crippen LogP contribution in [0.15, 0.2) is 60.7 Å². The SMILES string of the molecule is CCOC(=O)Cc1ccc(OC)c(-c2cc(C)ccc2CNCCC(=O)OCc2ccc(Cl)cc2)c1. The molecule has 0 radical (unpaired) electrons. The Morgan fingerprint density at radius 2 is 1.64 bits per heavy atom. The highest BCUT2D eigenvalue weighted by atomic mass is 35.5. The second kappa shape index (κ2) is 13.7. The van der Waals surface area contributed by atoms with Crippen molar-refractivity contribution in [3.8, 4) is 16.9 Å². The zero-order chi connectivity index (χ0) is 25.9. The van der Waals surface area contributed by atoms with Crippen molar-refractivity contribution in [1.29, 1.82) is 0 Å². The Hall–Kier alpha value is -3.35. The molecule has 0 aliphatic carbocycles. The van der Waals surface area contributed by atoms with Gasteiger partial charge >= 0.3 is 11.9 Å². The van der Waals surface area contributed by atoms with Crippen LogP contribution in [0.4, 0.5) is 0 Å². The molecule has 0 aromatic heterocycles. The summed E-state index contributed by atoms with van der Waals surface area (Å²) < 4.78 is 16.1. The number of esters is 2. The van der Waals surface area contributed by atoms with Crippen molar-refractivity contribution >= 4 is 23.5 Å². The second-order valence-corrected chi connectivity index (χ2v) is 8.83. The molecule has 3 aromatic rings. The van der Waals surface area contributed by atoms with Gasteiger partial charge in [-0.05, 0) is 60.4 Å². The maximum Gasteiger partial charge on any atom is 0.310 e. The number of hydrogen-bond donors (Lipinski definition) is 1. The number of hydrogen-bond acceptors (Lipinski definition) is 6. The van der Waals surface area contributed by atoms with E-state index >= 15 is 0 Å². The van der Waals surface area contributed by atoms with Crippen molar-refractivity contribution in [3.05, 3.63) is 87.9 Å². The highest BCUT2D eigenvalue weighted by Crippen LogP contribution is 2.34. The van der Waals surface area contributed by atoms with E-state index in [0.717, 1.165) is 39.1 Å². The predicted octanol–water partition coefficient (Wildman–Crippen LogP) is 5.65. The Kier molecular flexibility index (Phi) is 10.3. The molecule has 190 valence electrons. The second-order valence-electron chi connectivity index (χ2n) is 8.39. The number of carbonyl (C=O) groups is 2. The number of methoxy groups -OCH3 is 1. The topological polar surface area (TPSA) is 73.9 Å². The third-order valence-electron chi connectivity index (χ3n) is 5.61. The summed E-state index contributed by atoms with van der Waals surface area (Å²) in [6.07, 6.45) is 0.454. The number of rotatable bonds is 12. The minimum absolute atomic E-state index is 0.197. The van der Waals surface area contributed by atoms with Crippen LogP contribution in [-0.2, 0) is 38.6 Å². The lowest BCUT2D eigenvalue weighted by Gasteiger charge is -2.16. The van der Waals surface area contributed by atoms with E-state index in [9.17, 15) is 9.59 Å². The van der Waals surface area contributed by atoms with Crippen molar-refractivity contribution in [1.82, 2.24) is 5.32 Å². The molecular formula is C29H32ClNO5. The van der Waals surface area contributed by atoms with Gasteiger partial charge in [0, 0.05) is 23.7 Å². The first-order chi connectivity index (χ1) is 17.4. The van der Waals surface area contributed by atoms with E-state index in [4.69, 9.17) is 25.8 Å². The minimum Gasteiger partial charge on any atom is -0.496 e. The summed E-state index contributed by atoms with van der Waals surface area (Å²) in [4.78, 5) is 24.1. The van der Waals surface area contributed by atoms with Crippen LogP contribution in [0, 0.1) is 6.92 Å². The van der Waals surface area contributed by atoms with Gasteiger partial charge in [-0.25, -0.2) is 0 Å². The van der Waals surface area contributed by atoms with Crippen molar-refractivity contribution < 1.29 is 23.8 Å². The number of benzene rings is 3. The summed E-state index contributed by atoms with van der Waals surface area (Å²) in [6, 6.07) is 19.2. The summed E-state index contributed by atoms with van der Waals surface area (Å²) in [6.45, 7) is 5.44. The molecule has 1 N–H and O–H groups in total. The van der Waals surface area contributed by atoms with Gasteiger partial charge in [-0.15, -0.1) is 0 Å². The molecule has 0 saturated carbocycles. The molecule has 36 heavy (non-hydrogen) atoms. The molecule has 0 unspecified atom stereocenters. The third kappa shape index (κ3) is 8.11. The molecule has 6 nitrogen and oxygen atoms in total. The van der Waals surface area contributed by atoms with Gasteiger partial charge in [0.2, 0.25) is 0 Å². The summed E-state index contributed by atoms with van der Waals surface area (Å²) in [5, 5.41) is 3.98. The van der Waals surface area contributed by atoms with Gasteiger partial charge in [-0.2, -0.15) is 0 Å². The molecule has 3 aromatic carbocycles. The number of nitrogens with one attached hydrogen (secondary N) is 1. The molecule has 0 aliphatic rings.